The number of nitrogens with one attached hydrogen (secondary N) is 1. The second kappa shape index (κ2) is 5.08. The number of nitrogens with zero attached hydrogens (tertiary/aromatic N) is 1. The molecule has 0 unspecified atom stereocenters. The molecule has 3 nitrogen and oxygen atoms in total. The Morgan fingerprint density at radius 3 is 2.76 bits per heavy atom. The third-order valence-electron chi connectivity index (χ3n) is 3.27. The quantitative estimate of drug-likeness (QED) is 0.908. The number of hydrogen-bond acceptors (Lipinski definition) is 3. The molecular weight excluding hydrogens is 236 g/mol. The van der Waals surface area contributed by atoms with Crippen molar-refractivity contribution in [3.8, 4) is 0 Å². The van der Waals surface area contributed by atoms with E-state index in [0.717, 1.165) is 31.0 Å². The number of para-hydroxylation sites is 1. The first-order valence-electron chi connectivity index (χ1n) is 5.71. The first-order valence-corrected chi connectivity index (χ1v) is 5.71. The van der Waals surface area contributed by atoms with E-state index >= 15 is 0 Å². The summed E-state index contributed by atoms with van der Waals surface area (Å²) in [5, 5.41) is 4.47. The van der Waals surface area contributed by atoms with Gasteiger partial charge in [0.2, 0.25) is 0 Å². The van der Waals surface area contributed by atoms with Crippen LogP contribution in [-0.4, -0.2) is 31.1 Å². The van der Waals surface area contributed by atoms with Crippen molar-refractivity contribution < 1.29 is 4.42 Å². The minimum atomic E-state index is 0. The predicted octanol–water partition coefficient (Wildman–Crippen LogP) is 2.26. The zero-order valence-electron chi connectivity index (χ0n) is 9.85. The lowest BCUT2D eigenvalue weighted by Crippen LogP contribution is -2.55. The largest absolute Gasteiger partial charge is 0.460 e. The SMILES string of the molecule is CN(Cc1cc2ccccc2o1)C1CNC1.Cl. The lowest BCUT2D eigenvalue weighted by atomic mass is 10.1. The number of hydrogen-bond donors (Lipinski definition) is 1. The number of halogens is 1. The predicted molar refractivity (Wildman–Crippen MR) is 71.6 cm³/mol. The Morgan fingerprint density at radius 1 is 1.35 bits per heavy atom. The molecule has 92 valence electrons. The number of benzene rings is 1. The van der Waals surface area contributed by atoms with Gasteiger partial charge < -0.3 is 9.73 Å². The maximum atomic E-state index is 5.80. The summed E-state index contributed by atoms with van der Waals surface area (Å²) in [6.07, 6.45) is 0. The van der Waals surface area contributed by atoms with Gasteiger partial charge >= 0.3 is 0 Å². The van der Waals surface area contributed by atoms with Crippen LogP contribution in [0.1, 0.15) is 5.76 Å². The molecule has 1 aliphatic heterocycles. The molecule has 0 bridgehead atoms. The van der Waals surface area contributed by atoms with Crippen LogP contribution in [0.5, 0.6) is 0 Å². The monoisotopic (exact) mass is 252 g/mol. The second-order valence-corrected chi connectivity index (χ2v) is 4.48. The second-order valence-electron chi connectivity index (χ2n) is 4.48. The molecular formula is C13H17ClN2O. The molecule has 17 heavy (non-hydrogen) atoms. The molecule has 1 aromatic carbocycles. The molecule has 1 saturated heterocycles. The van der Waals surface area contributed by atoms with E-state index in [-0.39, 0.29) is 12.4 Å². The van der Waals surface area contributed by atoms with E-state index in [9.17, 15) is 0 Å². The van der Waals surface area contributed by atoms with Crippen molar-refractivity contribution in [1.82, 2.24) is 10.2 Å². The first-order chi connectivity index (χ1) is 7.83. The summed E-state index contributed by atoms with van der Waals surface area (Å²) in [4.78, 5) is 2.34. The van der Waals surface area contributed by atoms with E-state index in [4.69, 9.17) is 4.42 Å². The highest BCUT2D eigenvalue weighted by Gasteiger charge is 2.22. The normalized spacial score (nSPS) is 15.9. The molecule has 1 aliphatic rings. The molecule has 0 amide bonds. The summed E-state index contributed by atoms with van der Waals surface area (Å²) in [5.41, 5.74) is 0.984. The summed E-state index contributed by atoms with van der Waals surface area (Å²) in [6.45, 7) is 3.08. The van der Waals surface area contributed by atoms with E-state index < -0.39 is 0 Å². The Kier molecular flexibility index (Phi) is 3.72. The van der Waals surface area contributed by atoms with Gasteiger partial charge in [-0.25, -0.2) is 0 Å². The molecule has 3 rings (SSSR count). The number of likely N-dealkylation sites (N-methyl/N-ethyl adjacent to an activating group) is 1. The van der Waals surface area contributed by atoms with Crippen LogP contribution in [-0.2, 0) is 6.54 Å². The molecule has 1 N–H and O–H groups in total. The summed E-state index contributed by atoms with van der Waals surface area (Å²) >= 11 is 0. The molecule has 0 atom stereocenters. The van der Waals surface area contributed by atoms with Crippen LogP contribution in [0.2, 0.25) is 0 Å². The Morgan fingerprint density at radius 2 is 2.12 bits per heavy atom. The molecule has 0 saturated carbocycles. The van der Waals surface area contributed by atoms with Crippen molar-refractivity contribution in [3.05, 3.63) is 36.1 Å². The molecule has 2 aromatic rings. The van der Waals surface area contributed by atoms with Crippen LogP contribution in [0.25, 0.3) is 11.0 Å². The third-order valence-corrected chi connectivity index (χ3v) is 3.27. The lowest BCUT2D eigenvalue weighted by Gasteiger charge is -2.35. The van der Waals surface area contributed by atoms with Gasteiger partial charge in [0.1, 0.15) is 11.3 Å². The fraction of sp³-hybridized carbons (Fsp3) is 0.385. The fourth-order valence-corrected chi connectivity index (χ4v) is 2.07. The van der Waals surface area contributed by atoms with E-state index in [2.05, 4.69) is 29.4 Å². The summed E-state index contributed by atoms with van der Waals surface area (Å²) in [6, 6.07) is 11.0. The fourth-order valence-electron chi connectivity index (χ4n) is 2.07. The molecule has 0 aliphatic carbocycles. The number of furan rings is 1. The number of rotatable bonds is 3. The van der Waals surface area contributed by atoms with Gasteiger partial charge in [-0.05, 0) is 19.2 Å². The van der Waals surface area contributed by atoms with Crippen LogP contribution in [0.15, 0.2) is 34.7 Å². The minimum absolute atomic E-state index is 0. The van der Waals surface area contributed by atoms with Crippen molar-refractivity contribution in [1.29, 1.82) is 0 Å². The maximum Gasteiger partial charge on any atom is 0.134 e. The van der Waals surface area contributed by atoms with Gasteiger partial charge in [-0.3, -0.25) is 4.90 Å². The Balaban J connectivity index is 0.00000108. The van der Waals surface area contributed by atoms with Crippen molar-refractivity contribution in [3.63, 3.8) is 0 Å². The van der Waals surface area contributed by atoms with Gasteiger partial charge in [-0.1, -0.05) is 18.2 Å². The average Bonchev–Trinajstić information content (AvgIpc) is 2.56. The molecule has 4 heteroatoms. The van der Waals surface area contributed by atoms with Crippen LogP contribution < -0.4 is 5.32 Å². The van der Waals surface area contributed by atoms with Gasteiger partial charge in [-0.15, -0.1) is 12.4 Å². The van der Waals surface area contributed by atoms with Gasteiger partial charge in [-0.2, -0.15) is 0 Å². The van der Waals surface area contributed by atoms with E-state index in [1.807, 2.05) is 18.2 Å². The zero-order valence-corrected chi connectivity index (χ0v) is 10.7. The van der Waals surface area contributed by atoms with Gasteiger partial charge in [0.05, 0.1) is 6.54 Å². The Labute approximate surface area is 107 Å². The van der Waals surface area contributed by atoms with Crippen LogP contribution in [0.4, 0.5) is 0 Å². The van der Waals surface area contributed by atoms with Crippen molar-refractivity contribution in [2.24, 2.45) is 0 Å². The summed E-state index contributed by atoms with van der Waals surface area (Å²) < 4.78 is 5.80. The lowest BCUT2D eigenvalue weighted by molar-refractivity contribution is 0.163. The van der Waals surface area contributed by atoms with Crippen molar-refractivity contribution >= 4 is 23.4 Å². The number of fused-ring (bicyclic) bond motifs is 1. The van der Waals surface area contributed by atoms with Crippen LogP contribution in [0, 0.1) is 0 Å². The van der Waals surface area contributed by atoms with Gasteiger partial charge in [0.25, 0.3) is 0 Å². The van der Waals surface area contributed by atoms with Gasteiger partial charge in [0.15, 0.2) is 0 Å². The molecule has 0 radical (unpaired) electrons. The Bertz CT molecular complexity index is 460. The van der Waals surface area contributed by atoms with Gasteiger partial charge in [0, 0.05) is 24.5 Å². The van der Waals surface area contributed by atoms with Crippen molar-refractivity contribution in [2.75, 3.05) is 20.1 Å². The summed E-state index contributed by atoms with van der Waals surface area (Å²) in [7, 11) is 2.15. The maximum absolute atomic E-state index is 5.80. The highest BCUT2D eigenvalue weighted by molar-refractivity contribution is 5.85. The standard InChI is InChI=1S/C13H16N2O.ClH/c1-15(11-7-14-8-11)9-12-6-10-4-2-3-5-13(10)16-12;/h2-6,11,14H,7-9H2,1H3;1H. The van der Waals surface area contributed by atoms with Crippen molar-refractivity contribution in [2.45, 2.75) is 12.6 Å². The third kappa shape index (κ3) is 2.46. The van der Waals surface area contributed by atoms with E-state index in [1.165, 1.54) is 5.39 Å². The molecule has 2 heterocycles. The van der Waals surface area contributed by atoms with E-state index in [0.29, 0.717) is 6.04 Å². The minimum Gasteiger partial charge on any atom is -0.460 e. The van der Waals surface area contributed by atoms with E-state index in [1.54, 1.807) is 0 Å². The van der Waals surface area contributed by atoms with Crippen LogP contribution >= 0.6 is 12.4 Å². The first kappa shape index (κ1) is 12.4. The highest BCUT2D eigenvalue weighted by Crippen LogP contribution is 2.20. The smallest absolute Gasteiger partial charge is 0.134 e. The Hall–Kier alpha value is -1.03. The molecule has 1 aromatic heterocycles. The highest BCUT2D eigenvalue weighted by atomic mass is 35.5. The zero-order chi connectivity index (χ0) is 11.0. The summed E-state index contributed by atoms with van der Waals surface area (Å²) in [5.74, 6) is 1.05. The molecule has 1 fully saturated rings. The van der Waals surface area contributed by atoms with Crippen LogP contribution in [0.3, 0.4) is 0 Å². The topological polar surface area (TPSA) is 28.4 Å². The molecule has 0 spiro atoms. The average molecular weight is 253 g/mol.